The van der Waals surface area contributed by atoms with E-state index in [0.29, 0.717) is 5.75 Å². The maximum atomic E-state index is 9.41. The minimum atomic E-state index is 0.319. The number of pyridine rings is 1. The number of benzene rings is 1. The highest BCUT2D eigenvalue weighted by atomic mass is 16.3. The van der Waals surface area contributed by atoms with Crippen LogP contribution in [0.2, 0.25) is 0 Å². The number of aromatic hydroxyl groups is 1. The predicted molar refractivity (Wildman–Crippen MR) is 60.0 cm³/mol. The van der Waals surface area contributed by atoms with Gasteiger partial charge in [0.2, 0.25) is 0 Å². The number of phenols is 1. The second kappa shape index (κ2) is 3.23. The van der Waals surface area contributed by atoms with Crippen molar-refractivity contribution in [1.82, 2.24) is 4.98 Å². The van der Waals surface area contributed by atoms with Crippen molar-refractivity contribution >= 4 is 10.8 Å². The molecule has 0 atom stereocenters. The van der Waals surface area contributed by atoms with Gasteiger partial charge in [-0.25, -0.2) is 0 Å². The molecule has 0 amide bonds. The topological polar surface area (TPSA) is 33.1 Å². The van der Waals surface area contributed by atoms with Gasteiger partial charge in [0, 0.05) is 17.3 Å². The molecule has 0 fully saturated rings. The summed E-state index contributed by atoms with van der Waals surface area (Å²) in [6, 6.07) is 5.56. The lowest BCUT2D eigenvalue weighted by molar-refractivity contribution is 0.476. The molecule has 0 bridgehead atoms. The van der Waals surface area contributed by atoms with Crippen LogP contribution in [-0.2, 0) is 12.8 Å². The maximum Gasteiger partial charge on any atom is 0.116 e. The largest absolute Gasteiger partial charge is 0.508 e. The second-order valence-electron chi connectivity index (χ2n) is 4.16. The Balaban J connectivity index is 2.32. The third-order valence-electron chi connectivity index (χ3n) is 3.16. The highest BCUT2D eigenvalue weighted by molar-refractivity contribution is 5.86. The summed E-state index contributed by atoms with van der Waals surface area (Å²) >= 11 is 0. The van der Waals surface area contributed by atoms with Crippen molar-refractivity contribution in [3.8, 4) is 5.75 Å². The second-order valence-corrected chi connectivity index (χ2v) is 4.16. The fourth-order valence-corrected chi connectivity index (χ4v) is 2.40. The van der Waals surface area contributed by atoms with Crippen LogP contribution in [0.1, 0.15) is 24.1 Å². The first-order valence-corrected chi connectivity index (χ1v) is 5.44. The van der Waals surface area contributed by atoms with Crippen LogP contribution in [0.15, 0.2) is 24.4 Å². The van der Waals surface area contributed by atoms with Crippen LogP contribution in [-0.4, -0.2) is 10.1 Å². The standard InChI is InChI=1S/C13H13NO/c15-10-5-6-11-9(7-10)8-14-13-4-2-1-3-12(11)13/h5-8,15H,1-4H2. The monoisotopic (exact) mass is 199 g/mol. The highest BCUT2D eigenvalue weighted by Gasteiger charge is 2.13. The molecule has 1 aliphatic rings. The van der Waals surface area contributed by atoms with E-state index in [2.05, 4.69) is 4.98 Å². The van der Waals surface area contributed by atoms with Crippen molar-refractivity contribution < 1.29 is 5.11 Å². The summed E-state index contributed by atoms with van der Waals surface area (Å²) in [5, 5.41) is 11.7. The van der Waals surface area contributed by atoms with Gasteiger partial charge in [-0.3, -0.25) is 4.98 Å². The first-order valence-electron chi connectivity index (χ1n) is 5.44. The van der Waals surface area contributed by atoms with Crippen molar-refractivity contribution in [3.63, 3.8) is 0 Å². The zero-order chi connectivity index (χ0) is 10.3. The van der Waals surface area contributed by atoms with Gasteiger partial charge in [-0.15, -0.1) is 0 Å². The molecule has 76 valence electrons. The van der Waals surface area contributed by atoms with E-state index in [9.17, 15) is 5.11 Å². The van der Waals surface area contributed by atoms with Crippen LogP contribution in [0.5, 0.6) is 5.75 Å². The molecule has 1 aromatic heterocycles. The summed E-state index contributed by atoms with van der Waals surface area (Å²) in [5.41, 5.74) is 2.64. The van der Waals surface area contributed by atoms with E-state index in [-0.39, 0.29) is 0 Å². The number of nitrogens with zero attached hydrogens (tertiary/aromatic N) is 1. The van der Waals surface area contributed by atoms with E-state index < -0.39 is 0 Å². The van der Waals surface area contributed by atoms with Gasteiger partial charge >= 0.3 is 0 Å². The van der Waals surface area contributed by atoms with E-state index in [0.717, 1.165) is 18.2 Å². The number of aromatic nitrogens is 1. The summed E-state index contributed by atoms with van der Waals surface area (Å²) in [7, 11) is 0. The Morgan fingerprint density at radius 3 is 2.93 bits per heavy atom. The molecule has 0 unspecified atom stereocenters. The Hall–Kier alpha value is -1.57. The number of phenolic OH excluding ortho intramolecular Hbond substituents is 1. The van der Waals surface area contributed by atoms with Gasteiger partial charge in [-0.1, -0.05) is 6.07 Å². The maximum absolute atomic E-state index is 9.41. The molecule has 2 aromatic rings. The van der Waals surface area contributed by atoms with Crippen LogP contribution < -0.4 is 0 Å². The SMILES string of the molecule is Oc1ccc2c3c(ncc2c1)CCCC3. The van der Waals surface area contributed by atoms with E-state index in [1.807, 2.05) is 12.3 Å². The molecular weight excluding hydrogens is 186 g/mol. The van der Waals surface area contributed by atoms with E-state index in [1.54, 1.807) is 12.1 Å². The average Bonchev–Trinajstić information content (AvgIpc) is 2.28. The van der Waals surface area contributed by atoms with Crippen LogP contribution in [0.3, 0.4) is 0 Å². The first-order chi connectivity index (χ1) is 7.34. The fraction of sp³-hybridized carbons (Fsp3) is 0.308. The van der Waals surface area contributed by atoms with Gasteiger partial charge < -0.3 is 5.11 Å². The Kier molecular flexibility index (Phi) is 1.88. The predicted octanol–water partition coefficient (Wildman–Crippen LogP) is 2.82. The smallest absolute Gasteiger partial charge is 0.116 e. The highest BCUT2D eigenvalue weighted by Crippen LogP contribution is 2.28. The molecule has 1 aromatic carbocycles. The molecule has 2 heteroatoms. The van der Waals surface area contributed by atoms with Gasteiger partial charge in [0.1, 0.15) is 5.75 Å². The molecule has 0 saturated heterocycles. The number of hydrogen-bond acceptors (Lipinski definition) is 2. The van der Waals surface area contributed by atoms with E-state index >= 15 is 0 Å². The molecule has 0 radical (unpaired) electrons. The van der Waals surface area contributed by atoms with Gasteiger partial charge in [-0.2, -0.15) is 0 Å². The fourth-order valence-electron chi connectivity index (χ4n) is 2.40. The lowest BCUT2D eigenvalue weighted by atomic mass is 9.92. The molecule has 0 aliphatic heterocycles. The average molecular weight is 199 g/mol. The van der Waals surface area contributed by atoms with Crippen LogP contribution in [0.4, 0.5) is 0 Å². The number of fused-ring (bicyclic) bond motifs is 3. The molecule has 0 saturated carbocycles. The Bertz CT molecular complexity index is 519. The third-order valence-corrected chi connectivity index (χ3v) is 3.16. The molecular formula is C13H13NO. The minimum Gasteiger partial charge on any atom is -0.508 e. The normalized spacial score (nSPS) is 15.2. The summed E-state index contributed by atoms with van der Waals surface area (Å²) in [6.45, 7) is 0. The zero-order valence-corrected chi connectivity index (χ0v) is 8.53. The zero-order valence-electron chi connectivity index (χ0n) is 8.53. The van der Waals surface area contributed by atoms with Gasteiger partial charge in [-0.05, 0) is 48.8 Å². The van der Waals surface area contributed by atoms with Crippen LogP contribution in [0.25, 0.3) is 10.8 Å². The Labute approximate surface area is 88.6 Å². The number of hydrogen-bond donors (Lipinski definition) is 1. The summed E-state index contributed by atoms with van der Waals surface area (Å²) < 4.78 is 0. The Morgan fingerprint density at radius 1 is 1.13 bits per heavy atom. The van der Waals surface area contributed by atoms with Gasteiger partial charge in [0.05, 0.1) is 0 Å². The molecule has 1 heterocycles. The van der Waals surface area contributed by atoms with E-state index in [4.69, 9.17) is 0 Å². The molecule has 0 spiro atoms. The van der Waals surface area contributed by atoms with E-state index in [1.165, 1.54) is 29.5 Å². The van der Waals surface area contributed by atoms with Crippen molar-refractivity contribution in [2.45, 2.75) is 25.7 Å². The van der Waals surface area contributed by atoms with Crippen LogP contribution in [0, 0.1) is 0 Å². The van der Waals surface area contributed by atoms with Crippen molar-refractivity contribution in [3.05, 3.63) is 35.7 Å². The molecule has 1 N–H and O–H groups in total. The summed E-state index contributed by atoms with van der Waals surface area (Å²) in [6.07, 6.45) is 6.62. The van der Waals surface area contributed by atoms with Gasteiger partial charge in [0.25, 0.3) is 0 Å². The first kappa shape index (κ1) is 8.72. The number of rotatable bonds is 0. The van der Waals surface area contributed by atoms with Crippen LogP contribution >= 0.6 is 0 Å². The lowest BCUT2D eigenvalue weighted by Gasteiger charge is -2.16. The summed E-state index contributed by atoms with van der Waals surface area (Å²) in [4.78, 5) is 4.48. The lowest BCUT2D eigenvalue weighted by Crippen LogP contribution is -2.05. The molecule has 15 heavy (non-hydrogen) atoms. The number of aryl methyl sites for hydroxylation is 2. The third kappa shape index (κ3) is 1.37. The summed E-state index contributed by atoms with van der Waals surface area (Å²) in [5.74, 6) is 0.319. The quantitative estimate of drug-likeness (QED) is 0.707. The van der Waals surface area contributed by atoms with Crippen molar-refractivity contribution in [1.29, 1.82) is 0 Å². The molecule has 1 aliphatic carbocycles. The van der Waals surface area contributed by atoms with Crippen molar-refractivity contribution in [2.75, 3.05) is 0 Å². The Morgan fingerprint density at radius 2 is 2.00 bits per heavy atom. The molecule has 3 rings (SSSR count). The molecule has 2 nitrogen and oxygen atoms in total. The minimum absolute atomic E-state index is 0.319. The van der Waals surface area contributed by atoms with Crippen molar-refractivity contribution in [2.24, 2.45) is 0 Å². The van der Waals surface area contributed by atoms with Gasteiger partial charge in [0.15, 0.2) is 0 Å².